The molecule has 28 heavy (non-hydrogen) atoms. The van der Waals surface area contributed by atoms with Crippen LogP contribution in [0, 0.1) is 0 Å². The number of carbonyl (C=O) groups is 1. The van der Waals surface area contributed by atoms with E-state index < -0.39 is 0 Å². The molecular weight excluding hydrogens is 358 g/mol. The van der Waals surface area contributed by atoms with E-state index in [0.717, 1.165) is 11.1 Å². The van der Waals surface area contributed by atoms with Crippen LogP contribution in [-0.4, -0.2) is 31.2 Å². The van der Waals surface area contributed by atoms with E-state index in [1.807, 2.05) is 18.2 Å². The SMILES string of the molecule is C=CC(=O)NCc1ocnc1Cc1cc2cc(-c3ccccc3O)nnc2[nH]1. The molecule has 0 saturated heterocycles. The molecule has 0 unspecified atom stereocenters. The van der Waals surface area contributed by atoms with Gasteiger partial charge >= 0.3 is 0 Å². The zero-order chi connectivity index (χ0) is 19.5. The number of nitrogens with one attached hydrogen (secondary N) is 2. The van der Waals surface area contributed by atoms with Crippen LogP contribution in [-0.2, 0) is 17.8 Å². The van der Waals surface area contributed by atoms with Crippen LogP contribution in [0.15, 0.2) is 59.9 Å². The summed E-state index contributed by atoms with van der Waals surface area (Å²) in [5.41, 5.74) is 3.44. The zero-order valence-corrected chi connectivity index (χ0v) is 14.8. The lowest BCUT2D eigenvalue weighted by atomic mass is 10.1. The molecule has 3 heterocycles. The number of fused-ring (bicyclic) bond motifs is 1. The van der Waals surface area contributed by atoms with E-state index >= 15 is 0 Å². The Morgan fingerprint density at radius 1 is 1.29 bits per heavy atom. The Balaban J connectivity index is 1.58. The number of nitrogens with zero attached hydrogens (tertiary/aromatic N) is 3. The van der Waals surface area contributed by atoms with Crippen molar-refractivity contribution >= 4 is 16.9 Å². The summed E-state index contributed by atoms with van der Waals surface area (Å²) < 4.78 is 5.37. The van der Waals surface area contributed by atoms with Crippen molar-refractivity contribution in [3.05, 3.63) is 72.6 Å². The Bertz CT molecular complexity index is 1160. The molecule has 3 N–H and O–H groups in total. The highest BCUT2D eigenvalue weighted by molar-refractivity contribution is 5.86. The predicted octanol–water partition coefficient (Wildman–Crippen LogP) is 2.71. The number of hydrogen-bond donors (Lipinski definition) is 3. The first-order valence-corrected chi connectivity index (χ1v) is 8.59. The monoisotopic (exact) mass is 375 g/mol. The standard InChI is InChI=1S/C20H17N5O3/c1-2-19(27)21-10-18-16(22-11-28-18)9-13-7-12-8-15(24-25-20(12)23-13)14-5-3-4-6-17(14)26/h2-8,11,26H,1,9-10H2,(H,21,27)(H,23,25). The van der Waals surface area contributed by atoms with Crippen molar-refractivity contribution in [2.45, 2.75) is 13.0 Å². The van der Waals surface area contributed by atoms with Gasteiger partial charge in [0.15, 0.2) is 12.0 Å². The third-order valence-electron chi connectivity index (χ3n) is 4.30. The number of amides is 1. The molecule has 3 aromatic heterocycles. The Labute approximate surface area is 159 Å². The maximum atomic E-state index is 11.3. The summed E-state index contributed by atoms with van der Waals surface area (Å²) in [6.45, 7) is 3.65. The second-order valence-electron chi connectivity index (χ2n) is 6.17. The van der Waals surface area contributed by atoms with Crippen molar-refractivity contribution in [1.82, 2.24) is 25.5 Å². The topological polar surface area (TPSA) is 117 Å². The van der Waals surface area contributed by atoms with Crippen molar-refractivity contribution in [2.24, 2.45) is 0 Å². The highest BCUT2D eigenvalue weighted by Gasteiger charge is 2.13. The molecule has 0 fully saturated rings. The van der Waals surface area contributed by atoms with Gasteiger partial charge in [-0.1, -0.05) is 18.7 Å². The van der Waals surface area contributed by atoms with E-state index in [-0.39, 0.29) is 18.2 Å². The third-order valence-corrected chi connectivity index (χ3v) is 4.30. The normalized spacial score (nSPS) is 10.9. The highest BCUT2D eigenvalue weighted by atomic mass is 16.3. The summed E-state index contributed by atoms with van der Waals surface area (Å²) >= 11 is 0. The van der Waals surface area contributed by atoms with Crippen LogP contribution in [0.25, 0.3) is 22.3 Å². The van der Waals surface area contributed by atoms with E-state index in [0.29, 0.717) is 34.8 Å². The molecule has 0 aliphatic rings. The van der Waals surface area contributed by atoms with Gasteiger partial charge in [-0.25, -0.2) is 4.98 Å². The van der Waals surface area contributed by atoms with Crippen molar-refractivity contribution < 1.29 is 14.3 Å². The van der Waals surface area contributed by atoms with Crippen molar-refractivity contribution in [3.63, 3.8) is 0 Å². The minimum Gasteiger partial charge on any atom is -0.507 e. The number of H-pyrrole nitrogens is 1. The quantitative estimate of drug-likeness (QED) is 0.446. The summed E-state index contributed by atoms with van der Waals surface area (Å²) in [4.78, 5) is 18.8. The summed E-state index contributed by atoms with van der Waals surface area (Å²) in [5.74, 6) is 0.454. The number of phenols is 1. The van der Waals surface area contributed by atoms with Crippen molar-refractivity contribution in [1.29, 1.82) is 0 Å². The van der Waals surface area contributed by atoms with Crippen LogP contribution in [0.3, 0.4) is 0 Å². The minimum absolute atomic E-state index is 0.153. The lowest BCUT2D eigenvalue weighted by Gasteiger charge is -2.02. The smallest absolute Gasteiger partial charge is 0.243 e. The fourth-order valence-electron chi connectivity index (χ4n) is 2.91. The molecule has 0 saturated carbocycles. The number of rotatable bonds is 6. The van der Waals surface area contributed by atoms with E-state index in [2.05, 4.69) is 32.1 Å². The predicted molar refractivity (Wildman–Crippen MR) is 102 cm³/mol. The van der Waals surface area contributed by atoms with Gasteiger partial charge in [0.25, 0.3) is 0 Å². The molecule has 8 heteroatoms. The summed E-state index contributed by atoms with van der Waals surface area (Å²) in [7, 11) is 0. The van der Waals surface area contributed by atoms with E-state index in [4.69, 9.17) is 4.42 Å². The first-order chi connectivity index (χ1) is 13.6. The average Bonchev–Trinajstić information content (AvgIpc) is 3.32. The molecule has 140 valence electrons. The van der Waals surface area contributed by atoms with Gasteiger partial charge < -0.3 is 19.8 Å². The van der Waals surface area contributed by atoms with Gasteiger partial charge in [0.2, 0.25) is 5.91 Å². The molecule has 0 radical (unpaired) electrons. The number of hydrogen-bond acceptors (Lipinski definition) is 6. The van der Waals surface area contributed by atoms with Crippen LogP contribution >= 0.6 is 0 Å². The maximum Gasteiger partial charge on any atom is 0.243 e. The average molecular weight is 375 g/mol. The lowest BCUT2D eigenvalue weighted by Crippen LogP contribution is -2.20. The Morgan fingerprint density at radius 2 is 2.14 bits per heavy atom. The second-order valence-corrected chi connectivity index (χ2v) is 6.17. The second kappa shape index (κ2) is 7.36. The van der Waals surface area contributed by atoms with Crippen LogP contribution < -0.4 is 5.32 Å². The van der Waals surface area contributed by atoms with Gasteiger partial charge in [0.05, 0.1) is 17.9 Å². The van der Waals surface area contributed by atoms with Gasteiger partial charge in [-0.05, 0) is 30.3 Å². The molecule has 1 aromatic carbocycles. The van der Waals surface area contributed by atoms with E-state index in [1.54, 1.807) is 18.2 Å². The van der Waals surface area contributed by atoms with Crippen molar-refractivity contribution in [3.8, 4) is 17.0 Å². The molecule has 0 aliphatic heterocycles. The molecule has 4 aromatic rings. The first kappa shape index (κ1) is 17.5. The summed E-state index contributed by atoms with van der Waals surface area (Å²) in [5, 5.41) is 22.0. The Kier molecular flexibility index (Phi) is 4.59. The molecule has 1 amide bonds. The number of aromatic hydroxyl groups is 1. The zero-order valence-electron chi connectivity index (χ0n) is 14.8. The molecule has 8 nitrogen and oxygen atoms in total. The summed E-state index contributed by atoms with van der Waals surface area (Å²) in [6.07, 6.45) is 3.04. The molecule has 0 spiro atoms. The van der Waals surface area contributed by atoms with Crippen molar-refractivity contribution in [2.75, 3.05) is 0 Å². The van der Waals surface area contributed by atoms with Gasteiger partial charge in [-0.2, -0.15) is 0 Å². The number of para-hydroxylation sites is 1. The Morgan fingerprint density at radius 3 is 2.96 bits per heavy atom. The Hall–Kier alpha value is -3.94. The lowest BCUT2D eigenvalue weighted by molar-refractivity contribution is -0.116. The first-order valence-electron chi connectivity index (χ1n) is 8.59. The number of phenolic OH excluding ortho intramolecular Hbond substituents is 1. The number of aromatic nitrogens is 4. The fraction of sp³-hybridized carbons (Fsp3) is 0.100. The van der Waals surface area contributed by atoms with Crippen LogP contribution in [0.2, 0.25) is 0 Å². The fourth-order valence-corrected chi connectivity index (χ4v) is 2.91. The third kappa shape index (κ3) is 3.48. The van der Waals surface area contributed by atoms with Crippen LogP contribution in [0.1, 0.15) is 17.1 Å². The molecular formula is C20H17N5O3. The van der Waals surface area contributed by atoms with Crippen LogP contribution in [0.5, 0.6) is 5.75 Å². The molecule has 4 rings (SSSR count). The van der Waals surface area contributed by atoms with Gasteiger partial charge in [0, 0.05) is 23.1 Å². The number of oxazole rings is 1. The van der Waals surface area contributed by atoms with Gasteiger partial charge in [-0.3, -0.25) is 4.79 Å². The highest BCUT2D eigenvalue weighted by Crippen LogP contribution is 2.28. The minimum atomic E-state index is -0.278. The van der Waals surface area contributed by atoms with Gasteiger partial charge in [-0.15, -0.1) is 10.2 Å². The largest absolute Gasteiger partial charge is 0.507 e. The number of carbonyl (C=O) groups excluding carboxylic acids is 1. The van der Waals surface area contributed by atoms with E-state index in [9.17, 15) is 9.90 Å². The number of aromatic amines is 1. The van der Waals surface area contributed by atoms with Crippen LogP contribution in [0.4, 0.5) is 0 Å². The number of benzene rings is 1. The van der Waals surface area contributed by atoms with Gasteiger partial charge in [0.1, 0.15) is 11.5 Å². The molecule has 0 bridgehead atoms. The summed E-state index contributed by atoms with van der Waals surface area (Å²) in [6, 6.07) is 10.8. The van der Waals surface area contributed by atoms with E-state index in [1.165, 1.54) is 12.5 Å². The molecule has 0 aliphatic carbocycles. The molecule has 0 atom stereocenters. The maximum absolute atomic E-state index is 11.3.